The second-order valence-electron chi connectivity index (χ2n) is 6.35. The Bertz CT molecular complexity index is 796. The van der Waals surface area contributed by atoms with Gasteiger partial charge in [-0.25, -0.2) is 0 Å². The molecule has 2 heterocycles. The first-order valence-corrected chi connectivity index (χ1v) is 9.15. The van der Waals surface area contributed by atoms with E-state index in [-0.39, 0.29) is 0 Å². The number of H-pyrrole nitrogens is 1. The van der Waals surface area contributed by atoms with Crippen LogP contribution in [0.1, 0.15) is 39.2 Å². The van der Waals surface area contributed by atoms with Gasteiger partial charge >= 0.3 is 0 Å². The molecule has 3 nitrogen and oxygen atoms in total. The number of halogens is 1. The fourth-order valence-electron chi connectivity index (χ4n) is 3.43. The van der Waals surface area contributed by atoms with E-state index in [1.165, 1.54) is 16.7 Å². The van der Waals surface area contributed by atoms with Crippen molar-refractivity contribution in [1.29, 1.82) is 0 Å². The number of nitrogens with one attached hydrogen (secondary N) is 1. The van der Waals surface area contributed by atoms with Crippen LogP contribution in [0.3, 0.4) is 0 Å². The molecule has 0 amide bonds. The van der Waals surface area contributed by atoms with Crippen LogP contribution in [0.4, 0.5) is 0 Å². The summed E-state index contributed by atoms with van der Waals surface area (Å²) in [6.07, 6.45) is 4.65. The molecule has 1 unspecified atom stereocenters. The van der Waals surface area contributed by atoms with Gasteiger partial charge in [0.05, 0.1) is 11.0 Å². The minimum Gasteiger partial charge on any atom is -0.331 e. The molecule has 5 heteroatoms. The number of allylic oxidation sites excluding steroid dienone is 1. The molecule has 0 aliphatic carbocycles. The Morgan fingerprint density at radius 3 is 2.83 bits per heavy atom. The van der Waals surface area contributed by atoms with Gasteiger partial charge in [-0.15, -0.1) is 0 Å². The first kappa shape index (κ1) is 16.7. The number of imidazole rings is 1. The van der Waals surface area contributed by atoms with Crippen LogP contribution in [0.15, 0.2) is 23.8 Å². The number of aromatic amines is 1. The number of rotatable bonds is 4. The van der Waals surface area contributed by atoms with Crippen LogP contribution in [0.5, 0.6) is 0 Å². The van der Waals surface area contributed by atoms with Gasteiger partial charge in [0.1, 0.15) is 0 Å². The van der Waals surface area contributed by atoms with Gasteiger partial charge in [0.25, 0.3) is 0 Å². The maximum absolute atomic E-state index is 6.30. The van der Waals surface area contributed by atoms with Gasteiger partial charge < -0.3 is 9.55 Å². The van der Waals surface area contributed by atoms with Crippen LogP contribution >= 0.6 is 23.8 Å². The average Bonchev–Trinajstić information content (AvgIpc) is 2.73. The van der Waals surface area contributed by atoms with E-state index in [9.17, 15) is 0 Å². The molecule has 23 heavy (non-hydrogen) atoms. The summed E-state index contributed by atoms with van der Waals surface area (Å²) in [7, 11) is 0. The second kappa shape index (κ2) is 6.80. The molecule has 0 bridgehead atoms. The van der Waals surface area contributed by atoms with E-state index in [1.54, 1.807) is 0 Å². The predicted molar refractivity (Wildman–Crippen MR) is 101 cm³/mol. The number of aromatic nitrogens is 2. The summed E-state index contributed by atoms with van der Waals surface area (Å²) < 4.78 is 3.02. The third-order valence-electron chi connectivity index (χ3n) is 4.88. The van der Waals surface area contributed by atoms with Crippen LogP contribution in [0, 0.1) is 4.77 Å². The van der Waals surface area contributed by atoms with E-state index in [0.29, 0.717) is 6.04 Å². The topological polar surface area (TPSA) is 24.0 Å². The van der Waals surface area contributed by atoms with Gasteiger partial charge in [0.2, 0.25) is 0 Å². The zero-order valence-electron chi connectivity index (χ0n) is 14.0. The molecule has 0 saturated heterocycles. The SMILES string of the molecule is CCC(=CCN1Cc2cc(Cl)cc3[nH]c(=S)n(c23)CC1C)CC. The van der Waals surface area contributed by atoms with E-state index >= 15 is 0 Å². The monoisotopic (exact) mass is 349 g/mol. The molecular formula is C18H24ClN3S. The molecule has 0 saturated carbocycles. The quantitative estimate of drug-likeness (QED) is 0.598. The summed E-state index contributed by atoms with van der Waals surface area (Å²) in [4.78, 5) is 5.81. The number of hydrogen-bond acceptors (Lipinski definition) is 2. The van der Waals surface area contributed by atoms with Crippen molar-refractivity contribution in [2.24, 2.45) is 0 Å². The Morgan fingerprint density at radius 2 is 2.13 bits per heavy atom. The molecule has 1 aromatic heterocycles. The summed E-state index contributed by atoms with van der Waals surface area (Å²) in [6, 6.07) is 4.48. The van der Waals surface area contributed by atoms with Crippen LogP contribution in [0.25, 0.3) is 11.0 Å². The van der Waals surface area contributed by atoms with Gasteiger partial charge in [-0.2, -0.15) is 0 Å². The van der Waals surface area contributed by atoms with Crippen molar-refractivity contribution in [3.8, 4) is 0 Å². The fraction of sp³-hybridized carbons (Fsp3) is 0.500. The summed E-state index contributed by atoms with van der Waals surface area (Å²) in [6.45, 7) is 9.53. The standard InChI is InChI=1S/C18H24ClN3S/c1-4-13(5-2)6-7-21-11-14-8-15(19)9-16-17(14)22(10-12(21)3)18(23)20-16/h6,8-9,12H,4-5,7,10-11H2,1-3H3,(H,20,23). The van der Waals surface area contributed by atoms with Crippen LogP contribution in [-0.4, -0.2) is 27.0 Å². The van der Waals surface area contributed by atoms with Crippen LogP contribution in [0.2, 0.25) is 5.02 Å². The van der Waals surface area contributed by atoms with E-state index in [2.05, 4.69) is 47.4 Å². The minimum atomic E-state index is 0.429. The largest absolute Gasteiger partial charge is 0.331 e. The highest BCUT2D eigenvalue weighted by Gasteiger charge is 2.23. The smallest absolute Gasteiger partial charge is 0.178 e. The molecule has 0 radical (unpaired) electrons. The summed E-state index contributed by atoms with van der Waals surface area (Å²) in [5, 5.41) is 0.767. The Kier molecular flexibility index (Phi) is 4.95. The maximum Gasteiger partial charge on any atom is 0.178 e. The fourth-order valence-corrected chi connectivity index (χ4v) is 3.95. The van der Waals surface area contributed by atoms with Gasteiger partial charge in [0.15, 0.2) is 4.77 Å². The van der Waals surface area contributed by atoms with Gasteiger partial charge in [-0.3, -0.25) is 4.90 Å². The van der Waals surface area contributed by atoms with Crippen molar-refractivity contribution in [3.05, 3.63) is 39.1 Å². The van der Waals surface area contributed by atoms with Crippen LogP contribution < -0.4 is 0 Å². The molecule has 1 aromatic carbocycles. The van der Waals surface area contributed by atoms with E-state index < -0.39 is 0 Å². The lowest BCUT2D eigenvalue weighted by Crippen LogP contribution is -2.34. The molecule has 1 atom stereocenters. The van der Waals surface area contributed by atoms with E-state index in [0.717, 1.165) is 47.8 Å². The van der Waals surface area contributed by atoms with Gasteiger partial charge in [-0.05, 0) is 49.7 Å². The Balaban J connectivity index is 1.99. The van der Waals surface area contributed by atoms with Crippen molar-refractivity contribution in [1.82, 2.24) is 14.5 Å². The van der Waals surface area contributed by atoms with Crippen molar-refractivity contribution in [3.63, 3.8) is 0 Å². The second-order valence-corrected chi connectivity index (χ2v) is 7.17. The van der Waals surface area contributed by atoms with Gasteiger partial charge in [-0.1, -0.05) is 37.1 Å². The number of hydrogen-bond donors (Lipinski definition) is 1. The van der Waals surface area contributed by atoms with E-state index in [4.69, 9.17) is 23.8 Å². The van der Waals surface area contributed by atoms with Crippen molar-refractivity contribution < 1.29 is 0 Å². The van der Waals surface area contributed by atoms with Crippen LogP contribution in [-0.2, 0) is 13.1 Å². The third kappa shape index (κ3) is 3.25. The minimum absolute atomic E-state index is 0.429. The Labute approximate surface area is 147 Å². The lowest BCUT2D eigenvalue weighted by atomic mass is 10.1. The molecule has 124 valence electrons. The van der Waals surface area contributed by atoms with Crippen molar-refractivity contribution in [2.45, 2.75) is 52.7 Å². The molecule has 3 rings (SSSR count). The van der Waals surface area contributed by atoms with Gasteiger partial charge in [0, 0.05) is 30.7 Å². The first-order valence-electron chi connectivity index (χ1n) is 8.36. The zero-order valence-corrected chi connectivity index (χ0v) is 15.6. The molecular weight excluding hydrogens is 326 g/mol. The first-order chi connectivity index (χ1) is 11.0. The Hall–Kier alpha value is -1.10. The molecule has 0 fully saturated rings. The predicted octanol–water partition coefficient (Wildman–Crippen LogP) is 5.30. The zero-order chi connectivity index (χ0) is 16.6. The lowest BCUT2D eigenvalue weighted by Gasteiger charge is -2.26. The average molecular weight is 350 g/mol. The van der Waals surface area contributed by atoms with Crippen molar-refractivity contribution in [2.75, 3.05) is 6.54 Å². The molecule has 2 aromatic rings. The lowest BCUT2D eigenvalue weighted by molar-refractivity contribution is 0.210. The normalized spacial score (nSPS) is 18.2. The van der Waals surface area contributed by atoms with E-state index in [1.807, 2.05) is 6.07 Å². The number of benzene rings is 1. The Morgan fingerprint density at radius 1 is 1.39 bits per heavy atom. The molecule has 1 N–H and O–H groups in total. The number of nitrogens with zero attached hydrogens (tertiary/aromatic N) is 2. The molecule has 0 spiro atoms. The molecule has 1 aliphatic rings. The highest BCUT2D eigenvalue weighted by molar-refractivity contribution is 7.71. The highest BCUT2D eigenvalue weighted by atomic mass is 35.5. The summed E-state index contributed by atoms with van der Waals surface area (Å²) in [5.74, 6) is 0. The summed E-state index contributed by atoms with van der Waals surface area (Å²) >= 11 is 11.8. The summed E-state index contributed by atoms with van der Waals surface area (Å²) in [5.41, 5.74) is 5.04. The highest BCUT2D eigenvalue weighted by Crippen LogP contribution is 2.29. The third-order valence-corrected chi connectivity index (χ3v) is 5.42. The maximum atomic E-state index is 6.30. The molecule has 1 aliphatic heterocycles. The van der Waals surface area contributed by atoms with Crippen molar-refractivity contribution >= 4 is 34.9 Å².